The molecule has 2 rings (SSSR count). The van der Waals surface area contributed by atoms with Crippen LogP contribution < -0.4 is 5.32 Å². The lowest BCUT2D eigenvalue weighted by molar-refractivity contribution is -0.146. The molecule has 1 saturated carbocycles. The van der Waals surface area contributed by atoms with Gasteiger partial charge in [-0.1, -0.05) is 0 Å². The van der Waals surface area contributed by atoms with Gasteiger partial charge in [-0.25, -0.2) is 0 Å². The highest BCUT2D eigenvalue weighted by molar-refractivity contribution is 7.11. The van der Waals surface area contributed by atoms with Crippen molar-refractivity contribution in [2.24, 2.45) is 5.92 Å². The van der Waals surface area contributed by atoms with Gasteiger partial charge in [-0.05, 0) is 55.7 Å². The highest BCUT2D eigenvalue weighted by atomic mass is 32.1. The maximum atomic E-state index is 11.9. The van der Waals surface area contributed by atoms with Gasteiger partial charge >= 0.3 is 5.97 Å². The largest absolute Gasteiger partial charge is 0.469 e. The molecule has 1 heterocycles. The van der Waals surface area contributed by atoms with Crippen LogP contribution in [0.15, 0.2) is 17.5 Å². The van der Waals surface area contributed by atoms with Crippen molar-refractivity contribution in [3.8, 4) is 0 Å². The van der Waals surface area contributed by atoms with Crippen molar-refractivity contribution in [3.05, 3.63) is 28.0 Å². The first-order valence-corrected chi connectivity index (χ1v) is 8.08. The molecule has 0 unspecified atom stereocenters. The van der Waals surface area contributed by atoms with Crippen LogP contribution in [0.5, 0.6) is 0 Å². The van der Waals surface area contributed by atoms with Gasteiger partial charge in [0.05, 0.1) is 13.0 Å². The molecular weight excluding hydrogens is 286 g/mol. The van der Waals surface area contributed by atoms with Crippen LogP contribution in [0.2, 0.25) is 0 Å². The zero-order valence-electron chi connectivity index (χ0n) is 12.4. The normalized spacial score (nSPS) is 22.2. The fourth-order valence-corrected chi connectivity index (χ4v) is 3.42. The van der Waals surface area contributed by atoms with Crippen molar-refractivity contribution in [3.63, 3.8) is 0 Å². The molecule has 0 atom stereocenters. The van der Waals surface area contributed by atoms with E-state index in [1.54, 1.807) is 17.4 Å². The molecule has 21 heavy (non-hydrogen) atoms. The molecule has 1 N–H and O–H groups in total. The minimum atomic E-state index is -0.132. The van der Waals surface area contributed by atoms with Crippen LogP contribution in [-0.2, 0) is 14.3 Å². The molecule has 0 spiro atoms. The van der Waals surface area contributed by atoms with E-state index in [2.05, 4.69) is 5.32 Å². The molecule has 1 aliphatic carbocycles. The first-order chi connectivity index (χ1) is 10.1. The average Bonchev–Trinajstić information content (AvgIpc) is 2.90. The van der Waals surface area contributed by atoms with E-state index in [-0.39, 0.29) is 23.8 Å². The first kappa shape index (κ1) is 15.8. The summed E-state index contributed by atoms with van der Waals surface area (Å²) in [6.45, 7) is 2.03. The van der Waals surface area contributed by atoms with Gasteiger partial charge in [0.1, 0.15) is 0 Å². The summed E-state index contributed by atoms with van der Waals surface area (Å²) in [4.78, 5) is 24.5. The van der Waals surface area contributed by atoms with Crippen LogP contribution in [0.1, 0.15) is 36.1 Å². The smallest absolute Gasteiger partial charge is 0.308 e. The number of aryl methyl sites for hydroxylation is 1. The fourth-order valence-electron chi connectivity index (χ4n) is 2.60. The van der Waals surface area contributed by atoms with Crippen LogP contribution in [0.25, 0.3) is 6.08 Å². The van der Waals surface area contributed by atoms with Crippen molar-refractivity contribution >= 4 is 29.3 Å². The number of hydrogen-bond acceptors (Lipinski definition) is 4. The van der Waals surface area contributed by atoms with Crippen molar-refractivity contribution in [1.29, 1.82) is 0 Å². The number of nitrogens with one attached hydrogen (secondary N) is 1. The SMILES string of the molecule is COC(=O)C1CCC(NC(=O)/C=C/c2sccc2C)CC1. The molecule has 0 saturated heterocycles. The van der Waals surface area contributed by atoms with Crippen LogP contribution in [0.3, 0.4) is 0 Å². The molecule has 1 fully saturated rings. The van der Waals surface area contributed by atoms with E-state index in [9.17, 15) is 9.59 Å². The summed E-state index contributed by atoms with van der Waals surface area (Å²) in [5.74, 6) is -0.204. The predicted octanol–water partition coefficient (Wildman–Crippen LogP) is 2.92. The van der Waals surface area contributed by atoms with Gasteiger partial charge in [0.15, 0.2) is 0 Å². The fraction of sp³-hybridized carbons (Fsp3) is 0.500. The van der Waals surface area contributed by atoms with Crippen LogP contribution in [-0.4, -0.2) is 25.0 Å². The van der Waals surface area contributed by atoms with Crippen molar-refractivity contribution in [2.45, 2.75) is 38.6 Å². The third-order valence-electron chi connectivity index (χ3n) is 3.90. The zero-order valence-corrected chi connectivity index (χ0v) is 13.2. The van der Waals surface area contributed by atoms with Gasteiger partial charge in [0.2, 0.25) is 5.91 Å². The Morgan fingerprint density at radius 1 is 1.33 bits per heavy atom. The Bertz CT molecular complexity index is 527. The van der Waals surface area contributed by atoms with E-state index in [1.165, 1.54) is 12.7 Å². The van der Waals surface area contributed by atoms with Gasteiger partial charge < -0.3 is 10.1 Å². The lowest BCUT2D eigenvalue weighted by Crippen LogP contribution is -2.38. The number of thiophene rings is 1. The Morgan fingerprint density at radius 3 is 2.62 bits per heavy atom. The van der Waals surface area contributed by atoms with Gasteiger partial charge in [0, 0.05) is 17.0 Å². The van der Waals surface area contributed by atoms with Crippen LogP contribution in [0.4, 0.5) is 0 Å². The van der Waals surface area contributed by atoms with Crippen molar-refractivity contribution in [1.82, 2.24) is 5.32 Å². The standard InChI is InChI=1S/C16H21NO3S/c1-11-9-10-21-14(11)7-8-15(18)17-13-5-3-12(4-6-13)16(19)20-2/h7-10,12-13H,3-6H2,1-2H3,(H,17,18)/b8-7+. The lowest BCUT2D eigenvalue weighted by Gasteiger charge is -2.27. The molecule has 0 aliphatic heterocycles. The Hall–Kier alpha value is -1.62. The monoisotopic (exact) mass is 307 g/mol. The summed E-state index contributed by atoms with van der Waals surface area (Å²) in [5, 5.41) is 5.02. The average molecular weight is 307 g/mol. The highest BCUT2D eigenvalue weighted by Crippen LogP contribution is 2.25. The first-order valence-electron chi connectivity index (χ1n) is 7.20. The molecule has 1 aromatic rings. The second-order valence-corrected chi connectivity index (χ2v) is 6.33. The Kier molecular flexibility index (Phi) is 5.56. The van der Waals surface area contributed by atoms with E-state index in [4.69, 9.17) is 4.74 Å². The predicted molar refractivity (Wildman–Crippen MR) is 84.0 cm³/mol. The number of ether oxygens (including phenoxy) is 1. The number of amides is 1. The van der Waals surface area contributed by atoms with E-state index >= 15 is 0 Å². The minimum Gasteiger partial charge on any atom is -0.469 e. The molecule has 0 radical (unpaired) electrons. The summed E-state index contributed by atoms with van der Waals surface area (Å²) >= 11 is 1.63. The minimum absolute atomic E-state index is 0.00698. The van der Waals surface area contributed by atoms with E-state index in [1.807, 2.05) is 24.4 Å². The van der Waals surface area contributed by atoms with Crippen molar-refractivity contribution < 1.29 is 14.3 Å². The summed E-state index contributed by atoms with van der Waals surface area (Å²) in [6, 6.07) is 2.20. The maximum absolute atomic E-state index is 11.9. The summed E-state index contributed by atoms with van der Waals surface area (Å²) < 4.78 is 4.76. The molecule has 4 nitrogen and oxygen atoms in total. The van der Waals surface area contributed by atoms with E-state index < -0.39 is 0 Å². The van der Waals surface area contributed by atoms with E-state index in [0.29, 0.717) is 0 Å². The number of esters is 1. The van der Waals surface area contributed by atoms with Crippen molar-refractivity contribution in [2.75, 3.05) is 7.11 Å². The third kappa shape index (κ3) is 4.43. The molecule has 5 heteroatoms. The molecular formula is C16H21NO3S. The number of rotatable bonds is 4. The second-order valence-electron chi connectivity index (χ2n) is 5.38. The Morgan fingerprint density at radius 2 is 2.05 bits per heavy atom. The number of hydrogen-bond donors (Lipinski definition) is 1. The van der Waals surface area contributed by atoms with Crippen LogP contribution in [0, 0.1) is 12.8 Å². The molecule has 1 amide bonds. The van der Waals surface area contributed by atoms with E-state index in [0.717, 1.165) is 30.6 Å². The Labute approximate surface area is 129 Å². The third-order valence-corrected chi connectivity index (χ3v) is 4.88. The molecule has 0 aromatic carbocycles. The van der Waals surface area contributed by atoms with Crippen LogP contribution >= 0.6 is 11.3 Å². The Balaban J connectivity index is 1.78. The van der Waals surface area contributed by atoms with Gasteiger partial charge in [-0.3, -0.25) is 9.59 Å². The van der Waals surface area contributed by atoms with Gasteiger partial charge in [-0.15, -0.1) is 11.3 Å². The van der Waals surface area contributed by atoms with Gasteiger partial charge in [-0.2, -0.15) is 0 Å². The number of carbonyl (C=O) groups excluding carboxylic acids is 2. The quantitative estimate of drug-likeness (QED) is 0.687. The maximum Gasteiger partial charge on any atom is 0.308 e. The lowest BCUT2D eigenvalue weighted by atomic mass is 9.86. The summed E-state index contributed by atoms with van der Waals surface area (Å²) in [7, 11) is 1.42. The van der Waals surface area contributed by atoms with Gasteiger partial charge in [0.25, 0.3) is 0 Å². The second kappa shape index (κ2) is 7.41. The zero-order chi connectivity index (χ0) is 15.2. The summed E-state index contributed by atoms with van der Waals surface area (Å²) in [5.41, 5.74) is 1.18. The molecule has 1 aromatic heterocycles. The highest BCUT2D eigenvalue weighted by Gasteiger charge is 2.27. The molecule has 1 aliphatic rings. The summed E-state index contributed by atoms with van der Waals surface area (Å²) in [6.07, 6.45) is 6.67. The molecule has 114 valence electrons. The number of carbonyl (C=O) groups is 2. The topological polar surface area (TPSA) is 55.4 Å². The molecule has 0 bridgehead atoms. The number of methoxy groups -OCH3 is 1.